The summed E-state index contributed by atoms with van der Waals surface area (Å²) in [6.45, 7) is 3.99. The van der Waals surface area contributed by atoms with Crippen LogP contribution in [0.2, 0.25) is 0 Å². The highest BCUT2D eigenvalue weighted by atomic mass is 33.1. The van der Waals surface area contributed by atoms with Crippen molar-refractivity contribution in [2.75, 3.05) is 5.75 Å². The van der Waals surface area contributed by atoms with Crippen LogP contribution in [0.25, 0.3) is 0 Å². The lowest BCUT2D eigenvalue weighted by Crippen LogP contribution is -2.19. The zero-order chi connectivity index (χ0) is 8.27. The van der Waals surface area contributed by atoms with Crippen LogP contribution in [0, 0.1) is 0 Å². The first-order valence-electron chi connectivity index (χ1n) is 3.54. The Hall–Kier alpha value is 0.200. The van der Waals surface area contributed by atoms with Crippen molar-refractivity contribution in [3.05, 3.63) is 11.2 Å². The Labute approximate surface area is 74.8 Å². The molecule has 0 saturated carbocycles. The molecule has 64 valence electrons. The predicted octanol–water partition coefficient (Wildman–Crippen LogP) is 2.57. The summed E-state index contributed by atoms with van der Waals surface area (Å²) in [6, 6.07) is 0. The monoisotopic (exact) mass is 192 g/mol. The van der Waals surface area contributed by atoms with Crippen LogP contribution in [0.4, 0.5) is 0 Å². The first-order chi connectivity index (χ1) is 5.18. The van der Waals surface area contributed by atoms with Crippen LogP contribution in [0.15, 0.2) is 11.2 Å². The van der Waals surface area contributed by atoms with Gasteiger partial charge in [-0.1, -0.05) is 10.8 Å². The van der Waals surface area contributed by atoms with Gasteiger partial charge >= 0.3 is 0 Å². The fourth-order valence-electron chi connectivity index (χ4n) is 0.825. The van der Waals surface area contributed by atoms with Gasteiger partial charge in [0.05, 0.1) is 12.2 Å². The van der Waals surface area contributed by atoms with Crippen molar-refractivity contribution in [1.29, 1.82) is 0 Å². The molecule has 4 heteroatoms. The van der Waals surface area contributed by atoms with E-state index in [1.165, 1.54) is 10.8 Å². The van der Waals surface area contributed by atoms with E-state index in [0.29, 0.717) is 5.09 Å². The molecule has 1 aliphatic rings. The lowest BCUT2D eigenvalue weighted by molar-refractivity contribution is 0.0474. The average molecular weight is 192 g/mol. The predicted molar refractivity (Wildman–Crippen MR) is 50.8 cm³/mol. The topological polar surface area (TPSA) is 29.5 Å². The molecule has 0 aromatic carbocycles. The van der Waals surface area contributed by atoms with E-state index in [9.17, 15) is 0 Å². The Morgan fingerprint density at radius 1 is 1.73 bits per heavy atom. The zero-order valence-electron chi connectivity index (χ0n) is 6.61. The molecule has 1 rings (SSSR count). The summed E-state index contributed by atoms with van der Waals surface area (Å²) in [7, 11) is 3.03. The molecule has 1 unspecified atom stereocenters. The Morgan fingerprint density at radius 2 is 2.45 bits per heavy atom. The van der Waals surface area contributed by atoms with Gasteiger partial charge in [0.1, 0.15) is 0 Å². The van der Waals surface area contributed by atoms with Gasteiger partial charge in [-0.3, -0.25) is 0 Å². The first kappa shape index (κ1) is 9.29. The van der Waals surface area contributed by atoms with Crippen molar-refractivity contribution in [3.8, 4) is 0 Å². The Morgan fingerprint density at radius 3 is 3.00 bits per heavy atom. The van der Waals surface area contributed by atoms with Crippen LogP contribution >= 0.6 is 21.6 Å². The molecule has 0 saturated heterocycles. The van der Waals surface area contributed by atoms with Crippen LogP contribution in [-0.2, 0) is 4.74 Å². The molecule has 1 atom stereocenters. The Balaban J connectivity index is 2.39. The number of ether oxygens (including phenoxy) is 1. The second kappa shape index (κ2) is 4.28. The van der Waals surface area contributed by atoms with E-state index in [4.69, 9.17) is 9.84 Å². The maximum absolute atomic E-state index is 9.12. The molecule has 0 aromatic heterocycles. The summed E-state index contributed by atoms with van der Waals surface area (Å²) in [5.74, 6) is 0.924. The van der Waals surface area contributed by atoms with Crippen LogP contribution in [0.3, 0.4) is 0 Å². The largest absolute Gasteiger partial charge is 0.502 e. The normalized spacial score (nSPS) is 25.4. The number of hydrogen-bond donors (Lipinski definition) is 1. The quantitative estimate of drug-likeness (QED) is 0.681. The van der Waals surface area contributed by atoms with Crippen molar-refractivity contribution in [2.45, 2.75) is 26.1 Å². The molecule has 0 aliphatic carbocycles. The summed E-state index contributed by atoms with van der Waals surface area (Å²) in [6.07, 6.45) is 2.08. The second-order valence-corrected chi connectivity index (χ2v) is 4.96. The molecular weight excluding hydrogens is 180 g/mol. The molecule has 0 fully saturated rings. The third-order valence-electron chi connectivity index (χ3n) is 1.15. The van der Waals surface area contributed by atoms with Gasteiger partial charge in [-0.2, -0.15) is 0 Å². The maximum Gasteiger partial charge on any atom is 0.159 e. The summed E-state index contributed by atoms with van der Waals surface area (Å²) in [4.78, 5) is 0. The van der Waals surface area contributed by atoms with E-state index in [0.717, 1.165) is 5.75 Å². The highest BCUT2D eigenvalue weighted by molar-refractivity contribution is 8.78. The molecule has 0 radical (unpaired) electrons. The van der Waals surface area contributed by atoms with E-state index >= 15 is 0 Å². The molecule has 11 heavy (non-hydrogen) atoms. The van der Waals surface area contributed by atoms with Gasteiger partial charge in [-0.15, -0.1) is 0 Å². The molecule has 0 amide bonds. The molecule has 0 bridgehead atoms. The molecule has 0 spiro atoms. The fourth-order valence-corrected chi connectivity index (χ4v) is 2.66. The van der Waals surface area contributed by atoms with Gasteiger partial charge in [-0.25, -0.2) is 0 Å². The van der Waals surface area contributed by atoms with Crippen LogP contribution < -0.4 is 0 Å². The van der Waals surface area contributed by atoms with Crippen molar-refractivity contribution in [2.24, 2.45) is 0 Å². The SMILES string of the molecule is CC(C)OC1C=C(O)SSC1. The fraction of sp³-hybridized carbons (Fsp3) is 0.714. The highest BCUT2D eigenvalue weighted by Gasteiger charge is 2.15. The zero-order valence-corrected chi connectivity index (χ0v) is 8.24. The number of rotatable bonds is 2. The number of aliphatic hydroxyl groups excluding tert-OH is 1. The number of aliphatic hydroxyl groups is 1. The van der Waals surface area contributed by atoms with Gasteiger partial charge in [0.2, 0.25) is 0 Å². The van der Waals surface area contributed by atoms with E-state index < -0.39 is 0 Å². The van der Waals surface area contributed by atoms with E-state index in [1.807, 2.05) is 13.8 Å². The first-order valence-corrected chi connectivity index (χ1v) is 5.86. The van der Waals surface area contributed by atoms with Crippen LogP contribution in [0.1, 0.15) is 13.8 Å². The van der Waals surface area contributed by atoms with Crippen molar-refractivity contribution in [3.63, 3.8) is 0 Å². The Kier molecular flexibility index (Phi) is 3.62. The van der Waals surface area contributed by atoms with E-state index in [-0.39, 0.29) is 12.2 Å². The number of hydrogen-bond acceptors (Lipinski definition) is 4. The third-order valence-corrected chi connectivity index (χ3v) is 3.32. The van der Waals surface area contributed by atoms with E-state index in [1.54, 1.807) is 16.9 Å². The molecule has 1 aliphatic heterocycles. The summed E-state index contributed by atoms with van der Waals surface area (Å²) in [5.41, 5.74) is 0. The maximum atomic E-state index is 9.12. The standard InChI is InChI=1S/C7H12O2S2/c1-5(2)9-6-3-7(8)11-10-4-6/h3,5-6,8H,4H2,1-2H3. The smallest absolute Gasteiger partial charge is 0.159 e. The lowest BCUT2D eigenvalue weighted by atomic mass is 10.3. The van der Waals surface area contributed by atoms with Gasteiger partial charge in [-0.05, 0) is 30.7 Å². The molecule has 2 nitrogen and oxygen atoms in total. The minimum atomic E-state index is 0.0845. The van der Waals surface area contributed by atoms with Gasteiger partial charge < -0.3 is 9.84 Å². The van der Waals surface area contributed by atoms with Crippen LogP contribution in [-0.4, -0.2) is 23.1 Å². The minimum Gasteiger partial charge on any atom is -0.502 e. The van der Waals surface area contributed by atoms with Gasteiger partial charge in [0, 0.05) is 5.75 Å². The highest BCUT2D eigenvalue weighted by Crippen LogP contribution is 2.34. The average Bonchev–Trinajstić information content (AvgIpc) is 1.85. The lowest BCUT2D eigenvalue weighted by Gasteiger charge is -2.19. The molecule has 1 heterocycles. The third kappa shape index (κ3) is 3.40. The van der Waals surface area contributed by atoms with Crippen molar-refractivity contribution >= 4 is 21.6 Å². The summed E-state index contributed by atoms with van der Waals surface area (Å²) >= 11 is 0. The second-order valence-electron chi connectivity index (χ2n) is 2.60. The molecule has 0 aromatic rings. The molecular formula is C7H12O2S2. The molecule has 1 N–H and O–H groups in total. The van der Waals surface area contributed by atoms with Gasteiger partial charge in [0.15, 0.2) is 5.09 Å². The van der Waals surface area contributed by atoms with Crippen molar-refractivity contribution in [1.82, 2.24) is 0 Å². The van der Waals surface area contributed by atoms with Crippen LogP contribution in [0.5, 0.6) is 0 Å². The van der Waals surface area contributed by atoms with E-state index in [2.05, 4.69) is 0 Å². The minimum absolute atomic E-state index is 0.0845. The van der Waals surface area contributed by atoms with Crippen molar-refractivity contribution < 1.29 is 9.84 Å². The summed E-state index contributed by atoms with van der Waals surface area (Å²) < 4.78 is 5.49. The Bertz CT molecular complexity index is 157. The summed E-state index contributed by atoms with van der Waals surface area (Å²) in [5, 5.41) is 9.48. The van der Waals surface area contributed by atoms with Gasteiger partial charge in [0.25, 0.3) is 0 Å².